The molecule has 0 amide bonds. The Morgan fingerprint density at radius 2 is 1.84 bits per heavy atom. The van der Waals surface area contributed by atoms with Gasteiger partial charge in [-0.1, -0.05) is 23.2 Å². The number of hydrogen-bond donors (Lipinski definition) is 2. The molecule has 3 N–H and O–H groups in total. The van der Waals surface area contributed by atoms with E-state index in [0.29, 0.717) is 26.9 Å². The third-order valence-electron chi connectivity index (χ3n) is 4.62. The number of rotatable bonds is 2. The van der Waals surface area contributed by atoms with Crippen molar-refractivity contribution in [2.75, 3.05) is 18.0 Å². The summed E-state index contributed by atoms with van der Waals surface area (Å²) in [5, 5.41) is 8.43. The molecule has 1 aromatic carbocycles. The number of halogens is 2. The number of H-pyrrole nitrogens is 1. The van der Waals surface area contributed by atoms with E-state index in [1.807, 2.05) is 12.1 Å². The summed E-state index contributed by atoms with van der Waals surface area (Å²) < 4.78 is 0. The number of anilines is 1. The molecule has 1 saturated heterocycles. The third kappa shape index (κ3) is 3.29. The van der Waals surface area contributed by atoms with Crippen LogP contribution in [0.15, 0.2) is 24.4 Å². The lowest BCUT2D eigenvalue weighted by molar-refractivity contribution is 0.363. The van der Waals surface area contributed by atoms with Crippen LogP contribution in [-0.4, -0.2) is 38.8 Å². The zero-order valence-corrected chi connectivity index (χ0v) is 15.3. The zero-order chi connectivity index (χ0) is 17.6. The van der Waals surface area contributed by atoms with Crippen molar-refractivity contribution in [3.8, 4) is 11.3 Å². The zero-order valence-electron chi connectivity index (χ0n) is 13.8. The van der Waals surface area contributed by atoms with Crippen molar-refractivity contribution in [1.82, 2.24) is 20.2 Å². The van der Waals surface area contributed by atoms with Crippen LogP contribution in [-0.2, 0) is 0 Å². The molecule has 4 rings (SSSR count). The lowest BCUT2D eigenvalue weighted by atomic mass is 9.91. The van der Waals surface area contributed by atoms with E-state index >= 15 is 0 Å². The van der Waals surface area contributed by atoms with E-state index in [1.165, 1.54) is 0 Å². The smallest absolute Gasteiger partial charge is 0.177 e. The van der Waals surface area contributed by atoms with Crippen LogP contribution in [0.3, 0.4) is 0 Å². The van der Waals surface area contributed by atoms with Gasteiger partial charge >= 0.3 is 0 Å². The monoisotopic (exact) mass is 376 g/mol. The Morgan fingerprint density at radius 3 is 2.52 bits per heavy atom. The van der Waals surface area contributed by atoms with Crippen LogP contribution >= 0.6 is 23.2 Å². The van der Waals surface area contributed by atoms with Crippen molar-refractivity contribution >= 4 is 40.2 Å². The molecule has 130 valence electrons. The molecule has 2 aromatic heterocycles. The van der Waals surface area contributed by atoms with Gasteiger partial charge in [0.25, 0.3) is 0 Å². The summed E-state index contributed by atoms with van der Waals surface area (Å²) in [6, 6.07) is 5.31. The maximum atomic E-state index is 6.20. The maximum absolute atomic E-state index is 6.20. The summed E-state index contributed by atoms with van der Waals surface area (Å²) in [6.07, 6.45) is 3.65. The van der Waals surface area contributed by atoms with E-state index in [1.54, 1.807) is 12.3 Å². The van der Waals surface area contributed by atoms with Crippen molar-refractivity contribution in [3.05, 3.63) is 34.4 Å². The number of aromatic amines is 1. The number of benzene rings is 1. The number of aromatic nitrogens is 4. The summed E-state index contributed by atoms with van der Waals surface area (Å²) in [5.74, 6) is 0.835. The Kier molecular flexibility index (Phi) is 4.06. The minimum atomic E-state index is -0.0962. The molecule has 0 unspecified atom stereocenters. The topological polar surface area (TPSA) is 83.7 Å². The van der Waals surface area contributed by atoms with Crippen LogP contribution in [0.1, 0.15) is 19.8 Å². The van der Waals surface area contributed by atoms with Crippen molar-refractivity contribution in [1.29, 1.82) is 0 Å². The molecule has 3 heterocycles. The highest BCUT2D eigenvalue weighted by molar-refractivity contribution is 6.35. The molecule has 0 bridgehead atoms. The summed E-state index contributed by atoms with van der Waals surface area (Å²) in [6.45, 7) is 3.84. The Morgan fingerprint density at radius 1 is 1.16 bits per heavy atom. The number of nitrogens with zero attached hydrogens (tertiary/aromatic N) is 4. The Balaban J connectivity index is 1.67. The van der Waals surface area contributed by atoms with Crippen LogP contribution in [0.5, 0.6) is 0 Å². The second-order valence-corrected chi connectivity index (χ2v) is 7.67. The van der Waals surface area contributed by atoms with E-state index in [2.05, 4.69) is 32.0 Å². The molecule has 3 aromatic rings. The summed E-state index contributed by atoms with van der Waals surface area (Å²) in [4.78, 5) is 11.5. The molecule has 25 heavy (non-hydrogen) atoms. The molecule has 1 aliphatic heterocycles. The molecule has 0 atom stereocenters. The average Bonchev–Trinajstić information content (AvgIpc) is 2.97. The van der Waals surface area contributed by atoms with Gasteiger partial charge in [-0.2, -0.15) is 5.10 Å². The van der Waals surface area contributed by atoms with E-state index in [9.17, 15) is 0 Å². The molecule has 0 saturated carbocycles. The Hall–Kier alpha value is -1.89. The quantitative estimate of drug-likeness (QED) is 0.712. The van der Waals surface area contributed by atoms with Gasteiger partial charge in [-0.05, 0) is 38.0 Å². The summed E-state index contributed by atoms with van der Waals surface area (Å²) in [5.41, 5.74) is 8.94. The fraction of sp³-hybridized carbons (Fsp3) is 0.353. The average molecular weight is 377 g/mol. The minimum absolute atomic E-state index is 0.0962. The Bertz CT molecular complexity index is 906. The Labute approximate surface area is 155 Å². The lowest BCUT2D eigenvalue weighted by Gasteiger charge is -2.37. The van der Waals surface area contributed by atoms with Crippen molar-refractivity contribution in [2.45, 2.75) is 25.3 Å². The molecule has 0 radical (unpaired) electrons. The molecule has 0 spiro atoms. The van der Waals surface area contributed by atoms with Crippen LogP contribution in [0.2, 0.25) is 10.0 Å². The van der Waals surface area contributed by atoms with Crippen molar-refractivity contribution in [2.24, 2.45) is 5.73 Å². The van der Waals surface area contributed by atoms with Crippen LogP contribution < -0.4 is 10.6 Å². The van der Waals surface area contributed by atoms with Gasteiger partial charge in [0, 0.05) is 34.2 Å². The van der Waals surface area contributed by atoms with Gasteiger partial charge in [0.2, 0.25) is 0 Å². The number of fused-ring (bicyclic) bond motifs is 1. The fourth-order valence-electron chi connectivity index (χ4n) is 3.08. The third-order valence-corrected chi connectivity index (χ3v) is 5.06. The van der Waals surface area contributed by atoms with Gasteiger partial charge in [0.05, 0.1) is 6.20 Å². The normalized spacial score (nSPS) is 17.2. The molecule has 1 aliphatic rings. The predicted molar refractivity (Wildman–Crippen MR) is 101 cm³/mol. The van der Waals surface area contributed by atoms with Gasteiger partial charge < -0.3 is 10.6 Å². The largest absolute Gasteiger partial charge is 0.355 e. The van der Waals surface area contributed by atoms with Gasteiger partial charge in [-0.15, -0.1) is 0 Å². The summed E-state index contributed by atoms with van der Waals surface area (Å²) in [7, 11) is 0. The number of nitrogens with two attached hydrogens (primary N) is 1. The molecule has 6 nitrogen and oxygen atoms in total. The molecular weight excluding hydrogens is 359 g/mol. The maximum Gasteiger partial charge on any atom is 0.177 e. The highest BCUT2D eigenvalue weighted by Gasteiger charge is 2.27. The van der Waals surface area contributed by atoms with E-state index in [0.717, 1.165) is 37.3 Å². The van der Waals surface area contributed by atoms with Crippen LogP contribution in [0.25, 0.3) is 22.4 Å². The fourth-order valence-corrected chi connectivity index (χ4v) is 3.61. The first-order chi connectivity index (χ1) is 11.9. The molecule has 1 fully saturated rings. The van der Waals surface area contributed by atoms with E-state index < -0.39 is 0 Å². The van der Waals surface area contributed by atoms with Gasteiger partial charge in [0.15, 0.2) is 5.65 Å². The second kappa shape index (κ2) is 6.12. The van der Waals surface area contributed by atoms with Gasteiger partial charge in [0.1, 0.15) is 17.0 Å². The number of hydrogen-bond acceptors (Lipinski definition) is 5. The first kappa shape index (κ1) is 16.6. The van der Waals surface area contributed by atoms with Gasteiger partial charge in [-0.3, -0.25) is 5.10 Å². The predicted octanol–water partition coefficient (Wildman–Crippen LogP) is 3.64. The summed E-state index contributed by atoms with van der Waals surface area (Å²) >= 11 is 12.2. The second-order valence-electron chi connectivity index (χ2n) is 6.80. The van der Waals surface area contributed by atoms with E-state index in [-0.39, 0.29) is 5.54 Å². The van der Waals surface area contributed by atoms with Crippen molar-refractivity contribution in [3.63, 3.8) is 0 Å². The van der Waals surface area contributed by atoms with Crippen LogP contribution in [0, 0.1) is 0 Å². The number of nitrogens with one attached hydrogen (secondary N) is 1. The first-order valence-corrected chi connectivity index (χ1v) is 8.88. The highest BCUT2D eigenvalue weighted by atomic mass is 35.5. The molecule has 8 heteroatoms. The molecular formula is C17H18Cl2N6. The first-order valence-electron chi connectivity index (χ1n) is 8.13. The lowest BCUT2D eigenvalue weighted by Crippen LogP contribution is -2.48. The van der Waals surface area contributed by atoms with Gasteiger partial charge in [-0.25, -0.2) is 9.97 Å². The van der Waals surface area contributed by atoms with Crippen LogP contribution in [0.4, 0.5) is 5.82 Å². The SMILES string of the molecule is CC1(N)CCN(c2cnc3c(-c4cc(Cl)cc(Cl)c4)n[nH]c3n2)CC1. The molecule has 0 aliphatic carbocycles. The van der Waals surface area contributed by atoms with Crippen molar-refractivity contribution < 1.29 is 0 Å². The minimum Gasteiger partial charge on any atom is -0.355 e. The number of piperidine rings is 1. The highest BCUT2D eigenvalue weighted by Crippen LogP contribution is 2.30. The standard InChI is InChI=1S/C17H18Cl2N6/c1-17(20)2-4-25(5-3-17)13-9-21-15-14(23-24-16(15)22-13)10-6-11(18)8-12(19)7-10/h6-9H,2-5,20H2,1H3,(H,22,23,24). The van der Waals surface area contributed by atoms with E-state index in [4.69, 9.17) is 28.9 Å².